The number of nitrogens with one attached hydrogen (secondary N) is 3. The summed E-state index contributed by atoms with van der Waals surface area (Å²) in [5.74, 6) is 2.96. The van der Waals surface area contributed by atoms with Crippen LogP contribution in [-0.2, 0) is 7.05 Å². The van der Waals surface area contributed by atoms with E-state index >= 15 is 0 Å². The molecule has 12 nitrogen and oxygen atoms in total. The monoisotopic (exact) mass is 828 g/mol. The van der Waals surface area contributed by atoms with Crippen LogP contribution in [0.25, 0.3) is 17.0 Å². The van der Waals surface area contributed by atoms with Gasteiger partial charge in [-0.1, -0.05) is 50.0 Å². The third kappa shape index (κ3) is 8.24. The van der Waals surface area contributed by atoms with Crippen molar-refractivity contribution in [3.05, 3.63) is 108 Å². The normalized spacial score (nSPS) is 19.7. The number of benzene rings is 1. The fourth-order valence-corrected chi connectivity index (χ4v) is 9.74. The molecule has 3 saturated heterocycles. The van der Waals surface area contributed by atoms with E-state index in [1.54, 1.807) is 6.20 Å². The first-order valence-electron chi connectivity index (χ1n) is 21.6. The molecule has 4 aromatic rings. The van der Waals surface area contributed by atoms with Crippen molar-refractivity contribution in [3.63, 3.8) is 0 Å². The number of aryl methyl sites for hydroxylation is 1. The summed E-state index contributed by atoms with van der Waals surface area (Å²) in [6, 6.07) is 9.48. The lowest BCUT2D eigenvalue weighted by Gasteiger charge is -2.44. The lowest BCUT2D eigenvalue weighted by Crippen LogP contribution is -2.53. The first-order valence-corrected chi connectivity index (χ1v) is 21.9. The lowest BCUT2D eigenvalue weighted by molar-refractivity contribution is 0.130. The van der Waals surface area contributed by atoms with E-state index in [1.165, 1.54) is 22.2 Å². The molecule has 8 rings (SSSR count). The Labute approximate surface area is 360 Å². The number of rotatable bonds is 12. The molecule has 0 aliphatic carbocycles. The van der Waals surface area contributed by atoms with Crippen LogP contribution >= 0.6 is 11.6 Å². The van der Waals surface area contributed by atoms with Crippen molar-refractivity contribution in [1.82, 2.24) is 40.3 Å². The number of hydrogen-bond donors (Lipinski definition) is 3. The van der Waals surface area contributed by atoms with Crippen molar-refractivity contribution < 1.29 is 0 Å². The predicted molar refractivity (Wildman–Crippen MR) is 249 cm³/mol. The van der Waals surface area contributed by atoms with Gasteiger partial charge in [-0.15, -0.1) is 0 Å². The van der Waals surface area contributed by atoms with Gasteiger partial charge in [0.1, 0.15) is 10.8 Å². The van der Waals surface area contributed by atoms with Gasteiger partial charge in [-0.3, -0.25) is 9.58 Å². The molecule has 13 heteroatoms. The van der Waals surface area contributed by atoms with Gasteiger partial charge in [0.05, 0.1) is 35.0 Å². The summed E-state index contributed by atoms with van der Waals surface area (Å²) in [4.78, 5) is 24.3. The summed E-state index contributed by atoms with van der Waals surface area (Å²) in [5, 5.41) is 16.7. The molecule has 4 aliphatic heterocycles. The van der Waals surface area contributed by atoms with Gasteiger partial charge in [0.15, 0.2) is 5.82 Å². The third-order valence-corrected chi connectivity index (χ3v) is 13.4. The lowest BCUT2D eigenvalue weighted by atomic mass is 9.89. The molecule has 0 bridgehead atoms. The molecule has 2 atom stereocenters. The van der Waals surface area contributed by atoms with Crippen molar-refractivity contribution in [2.24, 2.45) is 13.0 Å². The number of anilines is 5. The number of halogens is 1. The SMILES string of the molecule is C=C(CCC1=Cc2cc(Nc3nc(N4CCC([C@@H](C)N5CCN(c6cccc7c(C8CCC(=C)NC8=C)nn(C)c67)CC5)CC4)ncc3Cl)cnc2N(C(C)C)C1=C)NC. The van der Waals surface area contributed by atoms with Crippen LogP contribution in [0.3, 0.4) is 0 Å². The van der Waals surface area contributed by atoms with Crippen LogP contribution < -0.4 is 30.7 Å². The van der Waals surface area contributed by atoms with Gasteiger partial charge in [-0.05, 0) is 89.0 Å². The average Bonchev–Trinajstić information content (AvgIpc) is 3.59. The number of piperazine rings is 1. The molecule has 1 aromatic carbocycles. The maximum atomic E-state index is 6.71. The number of allylic oxidation sites excluding steroid dienone is 4. The second-order valence-corrected chi connectivity index (χ2v) is 17.6. The van der Waals surface area contributed by atoms with Gasteiger partial charge in [-0.2, -0.15) is 10.1 Å². The molecule has 0 saturated carbocycles. The Morgan fingerprint density at radius 1 is 0.983 bits per heavy atom. The standard InChI is InChI=1S/C47H61ClN12/c1-29(2)60-34(7)36(15-13-30(3)49-8)25-37-26-38(27-50-46(37)60)53-45-41(48)28-51-47(54-45)59-19-17-35(18-20-59)33(6)57-21-23-58(24-22-57)42-12-10-11-40-43(55-56(9)44(40)42)39-16-14-31(4)52-32(39)5/h10-12,25-29,33,35,39,49,52H,3-5,7,13-24H2,1-2,6,8-9H3,(H,51,53,54)/t33-,39?/m1/s1. The molecule has 0 spiro atoms. The topological polar surface area (TPSA) is 106 Å². The highest BCUT2D eigenvalue weighted by Crippen LogP contribution is 2.40. The molecule has 316 valence electrons. The van der Waals surface area contributed by atoms with E-state index in [2.05, 4.69) is 130 Å². The van der Waals surface area contributed by atoms with E-state index in [0.29, 0.717) is 28.7 Å². The second-order valence-electron chi connectivity index (χ2n) is 17.2. The van der Waals surface area contributed by atoms with E-state index in [-0.39, 0.29) is 12.0 Å². The maximum Gasteiger partial charge on any atom is 0.227 e. The van der Waals surface area contributed by atoms with E-state index in [9.17, 15) is 0 Å². The Balaban J connectivity index is 0.885. The minimum absolute atomic E-state index is 0.186. The number of aromatic nitrogens is 5. The van der Waals surface area contributed by atoms with Crippen LogP contribution in [0.15, 0.2) is 91.3 Å². The minimum Gasteiger partial charge on any atom is -0.392 e. The summed E-state index contributed by atoms with van der Waals surface area (Å²) in [6.45, 7) is 29.6. The Morgan fingerprint density at radius 2 is 1.75 bits per heavy atom. The highest BCUT2D eigenvalue weighted by atomic mass is 35.5. The van der Waals surface area contributed by atoms with Gasteiger partial charge < -0.3 is 30.7 Å². The number of para-hydroxylation sites is 1. The molecular formula is C47H61ClN12. The molecule has 7 heterocycles. The first-order chi connectivity index (χ1) is 28.9. The molecule has 1 unspecified atom stereocenters. The Kier molecular flexibility index (Phi) is 12.0. The van der Waals surface area contributed by atoms with Crippen molar-refractivity contribution >= 4 is 57.5 Å². The van der Waals surface area contributed by atoms with Crippen molar-refractivity contribution in [2.45, 2.75) is 77.3 Å². The quantitative estimate of drug-likeness (QED) is 0.128. The summed E-state index contributed by atoms with van der Waals surface area (Å²) >= 11 is 6.71. The fourth-order valence-electron chi connectivity index (χ4n) is 9.60. The van der Waals surface area contributed by atoms with Gasteiger partial charge in [0.25, 0.3) is 0 Å². The predicted octanol–water partition coefficient (Wildman–Crippen LogP) is 8.72. The van der Waals surface area contributed by atoms with E-state index < -0.39 is 0 Å². The summed E-state index contributed by atoms with van der Waals surface area (Å²) in [5.41, 5.74) is 10.6. The smallest absolute Gasteiger partial charge is 0.227 e. The molecule has 3 aromatic heterocycles. The molecule has 4 aliphatic rings. The Morgan fingerprint density at radius 3 is 2.47 bits per heavy atom. The number of piperidine rings is 2. The van der Waals surface area contributed by atoms with Gasteiger partial charge in [-0.25, -0.2) is 9.97 Å². The van der Waals surface area contributed by atoms with Crippen LogP contribution in [0.1, 0.15) is 76.5 Å². The van der Waals surface area contributed by atoms with Crippen molar-refractivity contribution in [2.75, 3.05) is 66.3 Å². The molecule has 0 amide bonds. The average molecular weight is 830 g/mol. The van der Waals surface area contributed by atoms with Gasteiger partial charge in [0.2, 0.25) is 5.95 Å². The Bertz CT molecular complexity index is 2330. The molecule has 3 N–H and O–H groups in total. The highest BCUT2D eigenvalue weighted by molar-refractivity contribution is 6.32. The first kappa shape index (κ1) is 41.4. The van der Waals surface area contributed by atoms with E-state index in [4.69, 9.17) is 26.7 Å². The Hall–Kier alpha value is -5.33. The maximum absolute atomic E-state index is 6.71. The minimum atomic E-state index is 0.186. The number of pyridine rings is 1. The number of nitrogens with zero attached hydrogens (tertiary/aromatic N) is 9. The zero-order chi connectivity index (χ0) is 42.2. The fraction of sp³-hybridized carbons (Fsp3) is 0.447. The summed E-state index contributed by atoms with van der Waals surface area (Å²) in [7, 11) is 3.99. The molecule has 0 radical (unpaired) electrons. The van der Waals surface area contributed by atoms with E-state index in [1.807, 2.05) is 13.2 Å². The molecule has 60 heavy (non-hydrogen) atoms. The van der Waals surface area contributed by atoms with Crippen LogP contribution in [0.2, 0.25) is 5.02 Å². The van der Waals surface area contributed by atoms with Crippen LogP contribution in [0.5, 0.6) is 0 Å². The van der Waals surface area contributed by atoms with Crippen molar-refractivity contribution in [1.29, 1.82) is 0 Å². The molecule has 3 fully saturated rings. The van der Waals surface area contributed by atoms with Crippen molar-refractivity contribution in [3.8, 4) is 0 Å². The highest BCUT2D eigenvalue weighted by Gasteiger charge is 2.33. The number of fused-ring (bicyclic) bond motifs is 2. The van der Waals surface area contributed by atoms with Gasteiger partial charge >= 0.3 is 0 Å². The zero-order valence-corrected chi connectivity index (χ0v) is 36.8. The number of hydrogen-bond acceptors (Lipinski definition) is 11. The zero-order valence-electron chi connectivity index (χ0n) is 36.1. The van der Waals surface area contributed by atoms with Gasteiger partial charge in [0, 0.05) is 105 Å². The summed E-state index contributed by atoms with van der Waals surface area (Å²) in [6.07, 6.45) is 11.5. The summed E-state index contributed by atoms with van der Waals surface area (Å²) < 4.78 is 2.07. The third-order valence-electron chi connectivity index (χ3n) is 13.1. The van der Waals surface area contributed by atoms with E-state index in [0.717, 1.165) is 123 Å². The largest absolute Gasteiger partial charge is 0.392 e. The molecular weight excluding hydrogens is 768 g/mol. The second kappa shape index (κ2) is 17.3. The van der Waals surface area contributed by atoms with Crippen LogP contribution in [-0.4, -0.2) is 88.0 Å². The van der Waals surface area contributed by atoms with Crippen LogP contribution in [0.4, 0.5) is 29.0 Å². The van der Waals surface area contributed by atoms with Crippen LogP contribution in [0, 0.1) is 5.92 Å².